The molecule has 0 aliphatic carbocycles. The maximum absolute atomic E-state index is 12.4. The van der Waals surface area contributed by atoms with Gasteiger partial charge in [0.15, 0.2) is 5.76 Å². The van der Waals surface area contributed by atoms with Crippen molar-refractivity contribution in [3.63, 3.8) is 0 Å². The van der Waals surface area contributed by atoms with Crippen LogP contribution in [0.5, 0.6) is 5.75 Å². The molecule has 1 N–H and O–H groups in total. The van der Waals surface area contributed by atoms with Crippen LogP contribution in [0.1, 0.15) is 16.3 Å². The van der Waals surface area contributed by atoms with Gasteiger partial charge in [0.25, 0.3) is 5.91 Å². The maximum atomic E-state index is 12.4. The van der Waals surface area contributed by atoms with Crippen LogP contribution in [-0.4, -0.2) is 10.9 Å². The number of hydrogen-bond acceptors (Lipinski definition) is 4. The molecule has 0 bridgehead atoms. The van der Waals surface area contributed by atoms with E-state index in [1.165, 1.54) is 0 Å². The molecule has 0 unspecified atom stereocenters. The first-order valence-electron chi connectivity index (χ1n) is 8.21. The van der Waals surface area contributed by atoms with Crippen molar-refractivity contribution in [3.8, 4) is 5.75 Å². The number of fused-ring (bicyclic) bond motifs is 1. The Bertz CT molecular complexity index is 1040. The first-order chi connectivity index (χ1) is 12.8. The molecular weight excluding hydrogens is 328 g/mol. The number of rotatable bonds is 5. The van der Waals surface area contributed by atoms with Crippen molar-refractivity contribution in [2.45, 2.75) is 6.61 Å². The first kappa shape index (κ1) is 15.9. The highest BCUT2D eigenvalue weighted by Crippen LogP contribution is 2.18. The summed E-state index contributed by atoms with van der Waals surface area (Å²) in [6.07, 6.45) is 1.63. The van der Waals surface area contributed by atoms with Crippen LogP contribution in [0, 0.1) is 0 Å². The molecule has 26 heavy (non-hydrogen) atoms. The maximum Gasteiger partial charge on any atom is 0.291 e. The largest absolute Gasteiger partial charge is 0.486 e. The predicted molar refractivity (Wildman–Crippen MR) is 99.2 cm³/mol. The van der Waals surface area contributed by atoms with Crippen molar-refractivity contribution < 1.29 is 13.9 Å². The van der Waals surface area contributed by atoms with Gasteiger partial charge in [-0.25, -0.2) is 0 Å². The normalized spacial score (nSPS) is 10.6. The SMILES string of the molecule is O=C(Nc1cnc2ccccc2c1)c1ccc(COc2ccccc2)o1. The van der Waals surface area contributed by atoms with E-state index in [2.05, 4.69) is 10.3 Å². The lowest BCUT2D eigenvalue weighted by Gasteiger charge is -2.05. The number of carbonyl (C=O) groups excluding carboxylic acids is 1. The summed E-state index contributed by atoms with van der Waals surface area (Å²) in [7, 11) is 0. The Kier molecular flexibility index (Phi) is 4.35. The lowest BCUT2D eigenvalue weighted by atomic mass is 10.2. The zero-order chi connectivity index (χ0) is 17.8. The van der Waals surface area contributed by atoms with E-state index in [1.807, 2.05) is 60.7 Å². The summed E-state index contributed by atoms with van der Waals surface area (Å²) in [6, 6.07) is 22.4. The molecule has 4 rings (SSSR count). The highest BCUT2D eigenvalue weighted by Gasteiger charge is 2.12. The Hall–Kier alpha value is -3.60. The van der Waals surface area contributed by atoms with Crippen molar-refractivity contribution in [3.05, 3.63) is 90.5 Å². The summed E-state index contributed by atoms with van der Waals surface area (Å²) in [5.41, 5.74) is 1.50. The van der Waals surface area contributed by atoms with E-state index < -0.39 is 0 Å². The molecule has 0 radical (unpaired) electrons. The summed E-state index contributed by atoms with van der Waals surface area (Å²) >= 11 is 0. The molecule has 5 heteroatoms. The Morgan fingerprint density at radius 2 is 1.81 bits per heavy atom. The summed E-state index contributed by atoms with van der Waals surface area (Å²) < 4.78 is 11.2. The van der Waals surface area contributed by atoms with E-state index >= 15 is 0 Å². The van der Waals surface area contributed by atoms with Gasteiger partial charge in [0.1, 0.15) is 18.1 Å². The summed E-state index contributed by atoms with van der Waals surface area (Å²) in [4.78, 5) is 16.7. The number of benzene rings is 2. The highest BCUT2D eigenvalue weighted by molar-refractivity contribution is 6.03. The number of amides is 1. The standard InChI is InChI=1S/C21H16N2O3/c24-21(23-16-12-15-6-4-5-9-19(15)22-13-16)20-11-10-18(26-20)14-25-17-7-2-1-3-8-17/h1-13H,14H2,(H,23,24). The number of furan rings is 1. The average Bonchev–Trinajstić information content (AvgIpc) is 3.16. The number of hydrogen-bond donors (Lipinski definition) is 1. The molecule has 4 aromatic rings. The van der Waals surface area contributed by atoms with Gasteiger partial charge in [0, 0.05) is 5.39 Å². The molecule has 1 amide bonds. The van der Waals surface area contributed by atoms with Crippen molar-refractivity contribution in [2.75, 3.05) is 5.32 Å². The molecular formula is C21H16N2O3. The Morgan fingerprint density at radius 1 is 1.00 bits per heavy atom. The monoisotopic (exact) mass is 344 g/mol. The zero-order valence-corrected chi connectivity index (χ0v) is 13.9. The first-order valence-corrected chi connectivity index (χ1v) is 8.21. The minimum absolute atomic E-state index is 0.227. The highest BCUT2D eigenvalue weighted by atomic mass is 16.5. The number of carbonyl (C=O) groups is 1. The number of nitrogens with one attached hydrogen (secondary N) is 1. The Balaban J connectivity index is 1.42. The van der Waals surface area contributed by atoms with Gasteiger partial charge < -0.3 is 14.5 Å². The number of para-hydroxylation sites is 2. The summed E-state index contributed by atoms with van der Waals surface area (Å²) in [5, 5.41) is 3.76. The van der Waals surface area contributed by atoms with Gasteiger partial charge in [-0.3, -0.25) is 9.78 Å². The quantitative estimate of drug-likeness (QED) is 0.572. The van der Waals surface area contributed by atoms with Gasteiger partial charge in [0.05, 0.1) is 17.4 Å². The molecule has 0 atom stereocenters. The van der Waals surface area contributed by atoms with Crippen molar-refractivity contribution in [1.29, 1.82) is 0 Å². The van der Waals surface area contributed by atoms with E-state index in [9.17, 15) is 4.79 Å². The molecule has 0 fully saturated rings. The molecule has 0 aliphatic rings. The van der Waals surface area contributed by atoms with E-state index in [0.29, 0.717) is 11.4 Å². The molecule has 0 saturated carbocycles. The second kappa shape index (κ2) is 7.11. The second-order valence-corrected chi connectivity index (χ2v) is 5.74. The minimum Gasteiger partial charge on any atom is -0.486 e. The van der Waals surface area contributed by atoms with E-state index in [-0.39, 0.29) is 18.3 Å². The molecule has 5 nitrogen and oxygen atoms in total. The smallest absolute Gasteiger partial charge is 0.291 e. The molecule has 0 aliphatic heterocycles. The van der Waals surface area contributed by atoms with Crippen LogP contribution in [0.25, 0.3) is 10.9 Å². The fourth-order valence-electron chi connectivity index (χ4n) is 2.58. The number of pyridine rings is 1. The molecule has 128 valence electrons. The Labute approximate surface area is 150 Å². The third-order valence-electron chi connectivity index (χ3n) is 3.86. The minimum atomic E-state index is -0.326. The van der Waals surface area contributed by atoms with Crippen LogP contribution in [0.15, 0.2) is 83.4 Å². The van der Waals surface area contributed by atoms with E-state index in [0.717, 1.165) is 16.7 Å². The molecule has 0 saturated heterocycles. The second-order valence-electron chi connectivity index (χ2n) is 5.74. The zero-order valence-electron chi connectivity index (χ0n) is 13.9. The predicted octanol–water partition coefficient (Wildman–Crippen LogP) is 4.66. The molecule has 0 spiro atoms. The summed E-state index contributed by atoms with van der Waals surface area (Å²) in [5.74, 6) is 1.23. The van der Waals surface area contributed by atoms with Gasteiger partial charge in [0.2, 0.25) is 0 Å². The van der Waals surface area contributed by atoms with Gasteiger partial charge in [-0.05, 0) is 36.4 Å². The van der Waals surface area contributed by atoms with Gasteiger partial charge in [-0.15, -0.1) is 0 Å². The van der Waals surface area contributed by atoms with Crippen molar-refractivity contribution in [1.82, 2.24) is 4.98 Å². The number of aromatic nitrogens is 1. The Morgan fingerprint density at radius 3 is 2.69 bits per heavy atom. The van der Waals surface area contributed by atoms with E-state index in [1.54, 1.807) is 18.3 Å². The fraction of sp³-hybridized carbons (Fsp3) is 0.0476. The third-order valence-corrected chi connectivity index (χ3v) is 3.86. The van der Waals surface area contributed by atoms with Crippen LogP contribution in [0.2, 0.25) is 0 Å². The molecule has 2 aromatic carbocycles. The molecule has 2 heterocycles. The fourth-order valence-corrected chi connectivity index (χ4v) is 2.58. The average molecular weight is 344 g/mol. The van der Waals surface area contributed by atoms with Crippen LogP contribution in [0.4, 0.5) is 5.69 Å². The van der Waals surface area contributed by atoms with Crippen LogP contribution in [0.3, 0.4) is 0 Å². The molecule has 2 aromatic heterocycles. The number of nitrogens with zero attached hydrogens (tertiary/aromatic N) is 1. The lowest BCUT2D eigenvalue weighted by Crippen LogP contribution is -2.11. The van der Waals surface area contributed by atoms with Crippen molar-refractivity contribution in [2.24, 2.45) is 0 Å². The van der Waals surface area contributed by atoms with Gasteiger partial charge in [-0.1, -0.05) is 36.4 Å². The van der Waals surface area contributed by atoms with Crippen molar-refractivity contribution >= 4 is 22.5 Å². The van der Waals surface area contributed by atoms with Gasteiger partial charge >= 0.3 is 0 Å². The third kappa shape index (κ3) is 3.57. The topological polar surface area (TPSA) is 64.4 Å². The van der Waals surface area contributed by atoms with E-state index in [4.69, 9.17) is 9.15 Å². The van der Waals surface area contributed by atoms with Crippen LogP contribution in [-0.2, 0) is 6.61 Å². The number of ether oxygens (including phenoxy) is 1. The van der Waals surface area contributed by atoms with Gasteiger partial charge in [-0.2, -0.15) is 0 Å². The lowest BCUT2D eigenvalue weighted by molar-refractivity contribution is 0.0992. The van der Waals surface area contributed by atoms with Crippen LogP contribution >= 0.6 is 0 Å². The van der Waals surface area contributed by atoms with Crippen LogP contribution < -0.4 is 10.1 Å². The summed E-state index contributed by atoms with van der Waals surface area (Å²) in [6.45, 7) is 0.259. The number of anilines is 1.